The van der Waals surface area contributed by atoms with Gasteiger partial charge in [0, 0.05) is 12.7 Å². The van der Waals surface area contributed by atoms with E-state index >= 15 is 0 Å². The van der Waals surface area contributed by atoms with Crippen LogP contribution in [0, 0.1) is 6.92 Å². The van der Waals surface area contributed by atoms with Crippen molar-refractivity contribution in [3.8, 4) is 0 Å². The number of nitrogens with zero attached hydrogens (tertiary/aromatic N) is 3. The van der Waals surface area contributed by atoms with Gasteiger partial charge < -0.3 is 14.6 Å². The Hall–Kier alpha value is -2.97. The van der Waals surface area contributed by atoms with E-state index in [-0.39, 0.29) is 22.0 Å². The second-order valence-electron chi connectivity index (χ2n) is 6.47. The molecule has 0 saturated heterocycles. The second kappa shape index (κ2) is 8.81. The lowest BCUT2D eigenvalue weighted by atomic mass is 10.2. The number of carbonyl (C=O) groups excluding carboxylic acids is 2. The topological polar surface area (TPSA) is 103 Å². The zero-order valence-corrected chi connectivity index (χ0v) is 17.9. The molecular formula is C20H18Cl2N4O4. The summed E-state index contributed by atoms with van der Waals surface area (Å²) in [5.41, 5.74) is 1.45. The molecule has 0 aliphatic heterocycles. The fourth-order valence-electron chi connectivity index (χ4n) is 2.82. The number of rotatable bonds is 5. The minimum absolute atomic E-state index is 0.108. The van der Waals surface area contributed by atoms with Crippen molar-refractivity contribution < 1.29 is 14.3 Å². The lowest BCUT2D eigenvalue weighted by molar-refractivity contribution is -0.123. The average Bonchev–Trinajstić information content (AvgIpc) is 2.70. The predicted octanol–water partition coefficient (Wildman–Crippen LogP) is 3.61. The molecule has 1 atom stereocenters. The number of ether oxygens (including phenoxy) is 1. The first-order valence-corrected chi connectivity index (χ1v) is 9.81. The van der Waals surface area contributed by atoms with Crippen LogP contribution in [0.3, 0.4) is 0 Å². The van der Waals surface area contributed by atoms with Crippen molar-refractivity contribution in [2.75, 3.05) is 5.32 Å². The molecule has 0 aliphatic carbocycles. The van der Waals surface area contributed by atoms with Crippen molar-refractivity contribution in [3.05, 3.63) is 62.1 Å². The lowest BCUT2D eigenvalue weighted by Crippen LogP contribution is -2.30. The number of hydrogen-bond acceptors (Lipinski definition) is 6. The van der Waals surface area contributed by atoms with Crippen LogP contribution < -0.4 is 10.9 Å². The Morgan fingerprint density at radius 1 is 1.27 bits per heavy atom. The van der Waals surface area contributed by atoms with Gasteiger partial charge in [0.2, 0.25) is 0 Å². The summed E-state index contributed by atoms with van der Waals surface area (Å²) in [6.45, 7) is 5.36. The Morgan fingerprint density at radius 3 is 2.67 bits per heavy atom. The number of nitrogens with one attached hydrogen (secondary N) is 1. The van der Waals surface area contributed by atoms with E-state index in [1.54, 1.807) is 17.6 Å². The lowest BCUT2D eigenvalue weighted by Gasteiger charge is -2.14. The van der Waals surface area contributed by atoms with Gasteiger partial charge in [0.1, 0.15) is 5.69 Å². The zero-order chi connectivity index (χ0) is 22.0. The second-order valence-corrected chi connectivity index (χ2v) is 7.31. The van der Waals surface area contributed by atoms with Gasteiger partial charge in [-0.3, -0.25) is 9.59 Å². The molecule has 30 heavy (non-hydrogen) atoms. The molecule has 0 fully saturated rings. The maximum atomic E-state index is 12.5. The maximum absolute atomic E-state index is 12.5. The van der Waals surface area contributed by atoms with Gasteiger partial charge in [0.25, 0.3) is 11.5 Å². The standard InChI is InChI=1S/C20H18Cl2N4O4/c1-4-26-16-6-5-12(7-15(16)24-10(2)19(26)28)20(29)30-11(3)18(27)25-17-14(22)8-13(21)9-23-17/h5-9,11H,4H2,1-3H3,(H,23,25,27). The molecule has 2 heterocycles. The van der Waals surface area contributed by atoms with E-state index in [1.807, 2.05) is 6.92 Å². The summed E-state index contributed by atoms with van der Waals surface area (Å²) in [5, 5.41) is 2.97. The smallest absolute Gasteiger partial charge is 0.338 e. The molecule has 1 aromatic carbocycles. The molecule has 3 aromatic rings. The van der Waals surface area contributed by atoms with Crippen molar-refractivity contribution in [2.45, 2.75) is 33.4 Å². The Bertz CT molecular complexity index is 1210. The Balaban J connectivity index is 1.77. The average molecular weight is 449 g/mol. The number of hydrogen-bond donors (Lipinski definition) is 1. The number of fused-ring (bicyclic) bond motifs is 1. The minimum Gasteiger partial charge on any atom is -0.449 e. The Labute approximate surface area is 181 Å². The number of esters is 1. The highest BCUT2D eigenvalue weighted by molar-refractivity contribution is 6.36. The zero-order valence-electron chi connectivity index (χ0n) is 16.4. The molecule has 1 unspecified atom stereocenters. The van der Waals surface area contributed by atoms with Crippen LogP contribution in [0.25, 0.3) is 11.0 Å². The number of benzene rings is 1. The fraction of sp³-hybridized carbons (Fsp3) is 0.250. The van der Waals surface area contributed by atoms with E-state index in [0.29, 0.717) is 28.3 Å². The van der Waals surface area contributed by atoms with Crippen LogP contribution in [-0.4, -0.2) is 32.5 Å². The van der Waals surface area contributed by atoms with Gasteiger partial charge >= 0.3 is 5.97 Å². The third-order valence-corrected chi connectivity index (χ3v) is 4.86. The highest BCUT2D eigenvalue weighted by Crippen LogP contribution is 2.23. The van der Waals surface area contributed by atoms with Crippen LogP contribution in [0.4, 0.5) is 5.82 Å². The van der Waals surface area contributed by atoms with Gasteiger partial charge in [-0.15, -0.1) is 0 Å². The maximum Gasteiger partial charge on any atom is 0.338 e. The number of aryl methyl sites for hydroxylation is 2. The number of halogens is 2. The molecule has 3 rings (SSSR count). The summed E-state index contributed by atoms with van der Waals surface area (Å²) in [6.07, 6.45) is 0.223. The van der Waals surface area contributed by atoms with Gasteiger partial charge in [-0.1, -0.05) is 23.2 Å². The van der Waals surface area contributed by atoms with Gasteiger partial charge in [-0.2, -0.15) is 0 Å². The number of amides is 1. The van der Waals surface area contributed by atoms with Crippen molar-refractivity contribution in [3.63, 3.8) is 0 Å². The summed E-state index contributed by atoms with van der Waals surface area (Å²) < 4.78 is 6.82. The third kappa shape index (κ3) is 4.44. The number of carbonyl (C=O) groups is 2. The van der Waals surface area contributed by atoms with Crippen molar-refractivity contribution in [2.24, 2.45) is 0 Å². The van der Waals surface area contributed by atoms with E-state index in [0.717, 1.165) is 0 Å². The van der Waals surface area contributed by atoms with Crippen LogP contribution in [0.5, 0.6) is 0 Å². The van der Waals surface area contributed by atoms with Gasteiger partial charge in [-0.05, 0) is 45.0 Å². The molecule has 8 nitrogen and oxygen atoms in total. The molecular weight excluding hydrogens is 431 g/mol. The fourth-order valence-corrected chi connectivity index (χ4v) is 3.25. The molecule has 0 saturated carbocycles. The highest BCUT2D eigenvalue weighted by Gasteiger charge is 2.21. The van der Waals surface area contributed by atoms with Crippen LogP contribution in [0.2, 0.25) is 10.0 Å². The minimum atomic E-state index is -1.11. The van der Waals surface area contributed by atoms with E-state index in [4.69, 9.17) is 27.9 Å². The van der Waals surface area contributed by atoms with E-state index in [1.165, 1.54) is 31.3 Å². The Kier molecular flexibility index (Phi) is 6.38. The van der Waals surface area contributed by atoms with E-state index in [2.05, 4.69) is 15.3 Å². The van der Waals surface area contributed by atoms with Crippen molar-refractivity contribution >= 4 is 51.9 Å². The SMILES string of the molecule is CCn1c(=O)c(C)nc2cc(C(=O)OC(C)C(=O)Nc3ncc(Cl)cc3Cl)ccc21. The third-order valence-electron chi connectivity index (χ3n) is 4.36. The molecule has 0 aliphatic rings. The van der Waals surface area contributed by atoms with Gasteiger partial charge in [0.15, 0.2) is 11.9 Å². The van der Waals surface area contributed by atoms with Crippen molar-refractivity contribution in [1.82, 2.24) is 14.5 Å². The summed E-state index contributed by atoms with van der Waals surface area (Å²) in [7, 11) is 0. The molecule has 1 amide bonds. The molecule has 10 heteroatoms. The number of aromatic nitrogens is 3. The first kappa shape index (κ1) is 21.7. The molecule has 0 radical (unpaired) electrons. The van der Waals surface area contributed by atoms with Gasteiger partial charge in [0.05, 0.1) is 26.6 Å². The van der Waals surface area contributed by atoms with Crippen LogP contribution >= 0.6 is 23.2 Å². The molecule has 156 valence electrons. The molecule has 1 N–H and O–H groups in total. The van der Waals surface area contributed by atoms with E-state index in [9.17, 15) is 14.4 Å². The first-order chi connectivity index (χ1) is 14.2. The largest absolute Gasteiger partial charge is 0.449 e. The van der Waals surface area contributed by atoms with Crippen LogP contribution in [0.1, 0.15) is 29.9 Å². The highest BCUT2D eigenvalue weighted by atomic mass is 35.5. The predicted molar refractivity (Wildman–Crippen MR) is 114 cm³/mol. The molecule has 2 aromatic heterocycles. The van der Waals surface area contributed by atoms with E-state index < -0.39 is 18.0 Å². The van der Waals surface area contributed by atoms with Crippen molar-refractivity contribution in [1.29, 1.82) is 0 Å². The molecule has 0 bridgehead atoms. The summed E-state index contributed by atoms with van der Waals surface area (Å²) in [4.78, 5) is 45.2. The van der Waals surface area contributed by atoms with Crippen LogP contribution in [-0.2, 0) is 16.1 Å². The summed E-state index contributed by atoms with van der Waals surface area (Å²) >= 11 is 11.8. The number of pyridine rings is 1. The molecule has 0 spiro atoms. The van der Waals surface area contributed by atoms with Gasteiger partial charge in [-0.25, -0.2) is 14.8 Å². The van der Waals surface area contributed by atoms with Crippen LogP contribution in [0.15, 0.2) is 35.3 Å². The quantitative estimate of drug-likeness (QED) is 0.597. The monoisotopic (exact) mass is 448 g/mol. The summed E-state index contributed by atoms with van der Waals surface area (Å²) in [6, 6.07) is 6.11. The normalized spacial score (nSPS) is 11.9. The summed E-state index contributed by atoms with van der Waals surface area (Å²) in [5.74, 6) is -1.20. The first-order valence-electron chi connectivity index (χ1n) is 9.05. The Morgan fingerprint density at radius 2 is 2.00 bits per heavy atom. The number of anilines is 1.